The van der Waals surface area contributed by atoms with Crippen LogP contribution >= 0.6 is 31.9 Å². The van der Waals surface area contributed by atoms with Crippen LogP contribution < -0.4 is 4.74 Å². The van der Waals surface area contributed by atoms with Crippen LogP contribution in [0, 0.1) is 6.92 Å². The van der Waals surface area contributed by atoms with E-state index >= 15 is 0 Å². The Balaban J connectivity index is 2.28. The summed E-state index contributed by atoms with van der Waals surface area (Å²) in [6.07, 6.45) is 0. The average molecular weight is 370 g/mol. The van der Waals surface area contributed by atoms with Crippen molar-refractivity contribution in [3.63, 3.8) is 0 Å². The molecule has 0 aromatic heterocycles. The zero-order chi connectivity index (χ0) is 13.1. The molecule has 4 heteroatoms. The van der Waals surface area contributed by atoms with E-state index < -0.39 is 0 Å². The minimum atomic E-state index is -0.360. The van der Waals surface area contributed by atoms with E-state index in [1.54, 1.807) is 24.3 Å². The Bertz CT molecular complexity index is 557. The van der Waals surface area contributed by atoms with Crippen LogP contribution in [0.25, 0.3) is 0 Å². The summed E-state index contributed by atoms with van der Waals surface area (Å²) in [5, 5.41) is 0. The molecule has 92 valence electrons. The first-order valence-electron chi connectivity index (χ1n) is 5.31. The van der Waals surface area contributed by atoms with E-state index in [2.05, 4.69) is 31.9 Å². The summed E-state index contributed by atoms with van der Waals surface area (Å²) in [5.41, 5.74) is 1.42. The van der Waals surface area contributed by atoms with Crippen LogP contribution in [0.15, 0.2) is 51.4 Å². The molecule has 0 spiro atoms. The summed E-state index contributed by atoms with van der Waals surface area (Å²) in [4.78, 5) is 11.9. The zero-order valence-corrected chi connectivity index (χ0v) is 12.8. The molecule has 0 amide bonds. The molecule has 0 aliphatic rings. The van der Waals surface area contributed by atoms with Gasteiger partial charge in [0.1, 0.15) is 5.75 Å². The van der Waals surface area contributed by atoms with E-state index in [9.17, 15) is 4.79 Å². The Morgan fingerprint density at radius 2 is 1.78 bits per heavy atom. The lowest BCUT2D eigenvalue weighted by atomic mass is 10.2. The van der Waals surface area contributed by atoms with Gasteiger partial charge in [-0.2, -0.15) is 0 Å². The highest BCUT2D eigenvalue weighted by Crippen LogP contribution is 2.32. The minimum absolute atomic E-state index is 0.360. The third-order valence-electron chi connectivity index (χ3n) is 2.40. The molecule has 0 heterocycles. The number of ether oxygens (including phenoxy) is 1. The molecule has 0 N–H and O–H groups in total. The number of esters is 1. The molecule has 0 aliphatic carbocycles. The van der Waals surface area contributed by atoms with Crippen LogP contribution in [0.1, 0.15) is 15.9 Å². The molecule has 0 bridgehead atoms. The number of halogens is 2. The summed E-state index contributed by atoms with van der Waals surface area (Å²) in [5.74, 6) is 0.189. The van der Waals surface area contributed by atoms with Crippen LogP contribution in [0.2, 0.25) is 0 Å². The molecule has 0 atom stereocenters. The van der Waals surface area contributed by atoms with Crippen LogP contribution in [-0.2, 0) is 0 Å². The zero-order valence-electron chi connectivity index (χ0n) is 9.61. The normalized spacial score (nSPS) is 10.2. The van der Waals surface area contributed by atoms with Crippen molar-refractivity contribution in [1.82, 2.24) is 0 Å². The Hall–Kier alpha value is -1.13. The topological polar surface area (TPSA) is 26.3 Å². The fourth-order valence-corrected chi connectivity index (χ4v) is 3.06. The molecule has 0 saturated carbocycles. The lowest BCUT2D eigenvalue weighted by Crippen LogP contribution is -2.09. The summed E-state index contributed by atoms with van der Waals surface area (Å²) < 4.78 is 7.10. The van der Waals surface area contributed by atoms with Gasteiger partial charge < -0.3 is 4.74 Å². The number of hydrogen-bond acceptors (Lipinski definition) is 2. The van der Waals surface area contributed by atoms with Gasteiger partial charge in [-0.3, -0.25) is 0 Å². The van der Waals surface area contributed by atoms with E-state index in [0.29, 0.717) is 11.3 Å². The van der Waals surface area contributed by atoms with E-state index in [0.717, 1.165) is 14.5 Å². The van der Waals surface area contributed by atoms with Crippen LogP contribution in [-0.4, -0.2) is 5.97 Å². The Morgan fingerprint density at radius 3 is 2.39 bits per heavy atom. The smallest absolute Gasteiger partial charge is 0.343 e. The van der Waals surface area contributed by atoms with Gasteiger partial charge in [0, 0.05) is 4.47 Å². The molecule has 0 unspecified atom stereocenters. The number of rotatable bonds is 2. The maximum absolute atomic E-state index is 11.9. The monoisotopic (exact) mass is 368 g/mol. The van der Waals surface area contributed by atoms with Gasteiger partial charge in [0.2, 0.25) is 0 Å². The summed E-state index contributed by atoms with van der Waals surface area (Å²) in [6.45, 7) is 1.89. The minimum Gasteiger partial charge on any atom is -0.421 e. The number of aryl methyl sites for hydroxylation is 1. The molecule has 2 nitrogen and oxygen atoms in total. The van der Waals surface area contributed by atoms with Crippen molar-refractivity contribution in [3.05, 3.63) is 62.5 Å². The fraction of sp³-hybridized carbons (Fsp3) is 0.0714. The lowest BCUT2D eigenvalue weighted by molar-refractivity contribution is 0.0732. The molecule has 18 heavy (non-hydrogen) atoms. The van der Waals surface area contributed by atoms with Gasteiger partial charge in [-0.1, -0.05) is 34.1 Å². The molecular weight excluding hydrogens is 360 g/mol. The van der Waals surface area contributed by atoms with E-state index in [4.69, 9.17) is 4.74 Å². The molecule has 2 aromatic carbocycles. The number of benzene rings is 2. The van der Waals surface area contributed by atoms with Gasteiger partial charge in [-0.05, 0) is 52.7 Å². The largest absolute Gasteiger partial charge is 0.421 e. The Labute approximate surface area is 122 Å². The second-order valence-electron chi connectivity index (χ2n) is 3.79. The van der Waals surface area contributed by atoms with Crippen molar-refractivity contribution in [3.8, 4) is 5.75 Å². The van der Waals surface area contributed by atoms with Crippen LogP contribution in [0.3, 0.4) is 0 Å². The van der Waals surface area contributed by atoms with E-state index in [-0.39, 0.29) is 5.97 Å². The first-order valence-corrected chi connectivity index (χ1v) is 6.89. The SMILES string of the molecule is Cc1cc(Br)cc(Br)c1OC(=O)c1ccccc1. The van der Waals surface area contributed by atoms with Gasteiger partial charge in [0.15, 0.2) is 0 Å². The third kappa shape index (κ3) is 3.00. The highest BCUT2D eigenvalue weighted by Gasteiger charge is 2.13. The predicted octanol–water partition coefficient (Wildman–Crippen LogP) is 4.74. The van der Waals surface area contributed by atoms with Gasteiger partial charge in [-0.15, -0.1) is 0 Å². The number of hydrogen-bond donors (Lipinski definition) is 0. The first-order chi connectivity index (χ1) is 8.58. The second-order valence-corrected chi connectivity index (χ2v) is 5.56. The number of carbonyl (C=O) groups excluding carboxylic acids is 1. The quantitative estimate of drug-likeness (QED) is 0.564. The van der Waals surface area contributed by atoms with Crippen LogP contribution in [0.5, 0.6) is 5.75 Å². The van der Waals surface area contributed by atoms with Crippen molar-refractivity contribution < 1.29 is 9.53 Å². The van der Waals surface area contributed by atoms with Crippen molar-refractivity contribution in [2.75, 3.05) is 0 Å². The highest BCUT2D eigenvalue weighted by atomic mass is 79.9. The van der Waals surface area contributed by atoms with Crippen molar-refractivity contribution >= 4 is 37.8 Å². The number of carbonyl (C=O) groups is 1. The maximum atomic E-state index is 11.9. The summed E-state index contributed by atoms with van der Waals surface area (Å²) in [7, 11) is 0. The molecule has 2 rings (SSSR count). The molecular formula is C14H10Br2O2. The molecule has 0 fully saturated rings. The second kappa shape index (κ2) is 5.67. The third-order valence-corrected chi connectivity index (χ3v) is 3.45. The summed E-state index contributed by atoms with van der Waals surface area (Å²) >= 11 is 6.78. The lowest BCUT2D eigenvalue weighted by Gasteiger charge is -2.10. The van der Waals surface area contributed by atoms with Crippen molar-refractivity contribution in [2.45, 2.75) is 6.92 Å². The molecule has 0 radical (unpaired) electrons. The first kappa shape index (κ1) is 13.3. The molecule has 2 aromatic rings. The van der Waals surface area contributed by atoms with Gasteiger partial charge >= 0.3 is 5.97 Å². The fourth-order valence-electron chi connectivity index (χ4n) is 1.54. The van der Waals surface area contributed by atoms with E-state index in [1.807, 2.05) is 25.1 Å². The predicted molar refractivity (Wildman–Crippen MR) is 78.0 cm³/mol. The molecule has 0 aliphatic heterocycles. The highest BCUT2D eigenvalue weighted by molar-refractivity contribution is 9.11. The average Bonchev–Trinajstić information content (AvgIpc) is 2.34. The van der Waals surface area contributed by atoms with Gasteiger partial charge in [0.25, 0.3) is 0 Å². The van der Waals surface area contributed by atoms with Crippen LogP contribution in [0.4, 0.5) is 0 Å². The maximum Gasteiger partial charge on any atom is 0.343 e. The molecule has 0 saturated heterocycles. The standard InChI is InChI=1S/C14H10Br2O2/c1-9-7-11(15)8-12(16)13(9)18-14(17)10-5-3-2-4-6-10/h2-8H,1H3. The van der Waals surface area contributed by atoms with Gasteiger partial charge in [0.05, 0.1) is 10.0 Å². The Morgan fingerprint density at radius 1 is 1.11 bits per heavy atom. The summed E-state index contributed by atoms with van der Waals surface area (Å²) in [6, 6.07) is 12.7. The van der Waals surface area contributed by atoms with Crippen molar-refractivity contribution in [1.29, 1.82) is 0 Å². The van der Waals surface area contributed by atoms with Gasteiger partial charge in [-0.25, -0.2) is 4.79 Å². The van der Waals surface area contributed by atoms with E-state index in [1.165, 1.54) is 0 Å². The Kier molecular flexibility index (Phi) is 4.19. The van der Waals surface area contributed by atoms with Crippen molar-refractivity contribution in [2.24, 2.45) is 0 Å².